The number of benzene rings is 3. The van der Waals surface area contributed by atoms with Crippen molar-refractivity contribution in [2.45, 2.75) is 11.3 Å². The van der Waals surface area contributed by atoms with Crippen molar-refractivity contribution in [1.82, 2.24) is 10.4 Å². The quantitative estimate of drug-likeness (QED) is 0.250. The highest BCUT2D eigenvalue weighted by Gasteiger charge is 2.68. The summed E-state index contributed by atoms with van der Waals surface area (Å²) in [4.78, 5) is 46.2. The van der Waals surface area contributed by atoms with E-state index in [1.807, 2.05) is 48.5 Å². The fourth-order valence-electron chi connectivity index (χ4n) is 6.65. The van der Waals surface area contributed by atoms with Gasteiger partial charge in [0, 0.05) is 30.1 Å². The standard InChI is InChI=1S/C31H21FN4O3/c32-19-9-11-20(12-10-19)36-29(38)26-25-21-5-1-3-7-23(21)31(27(26)30(36)39,24-8-4-2-6-22(24)25)17-34-35-28(37)18-13-15-33-16-14-18/h1-17,25-27H,(H,35,37)/b34-17-/t25?,26-,27+,31?/m0/s1. The lowest BCUT2D eigenvalue weighted by Crippen LogP contribution is -2.54. The summed E-state index contributed by atoms with van der Waals surface area (Å²) < 4.78 is 13.7. The molecule has 2 atom stereocenters. The van der Waals surface area contributed by atoms with Crippen LogP contribution in [0.25, 0.3) is 0 Å². The number of rotatable bonds is 4. The summed E-state index contributed by atoms with van der Waals surface area (Å²) in [6, 6.07) is 24.1. The van der Waals surface area contributed by atoms with Gasteiger partial charge >= 0.3 is 0 Å². The molecule has 1 N–H and O–H groups in total. The molecular formula is C31H21FN4O3. The first-order valence-electron chi connectivity index (χ1n) is 12.6. The van der Waals surface area contributed by atoms with Crippen LogP contribution in [0, 0.1) is 17.7 Å². The predicted octanol–water partition coefficient (Wildman–Crippen LogP) is 4.19. The van der Waals surface area contributed by atoms with Crippen LogP contribution in [0.2, 0.25) is 0 Å². The number of pyridine rings is 1. The third kappa shape index (κ3) is 3.18. The summed E-state index contributed by atoms with van der Waals surface area (Å²) >= 11 is 0. The zero-order chi connectivity index (χ0) is 26.7. The summed E-state index contributed by atoms with van der Waals surface area (Å²) in [6.45, 7) is 0. The Labute approximate surface area is 223 Å². The lowest BCUT2D eigenvalue weighted by molar-refractivity contribution is -0.122. The van der Waals surface area contributed by atoms with Crippen LogP contribution in [-0.2, 0) is 15.0 Å². The van der Waals surface area contributed by atoms with Crippen LogP contribution in [0.15, 0.2) is 102 Å². The van der Waals surface area contributed by atoms with Gasteiger partial charge in [0.05, 0.1) is 22.9 Å². The number of hydrogen-bond acceptors (Lipinski definition) is 5. The number of aromatic nitrogens is 1. The minimum Gasteiger partial charge on any atom is -0.274 e. The lowest BCUT2D eigenvalue weighted by atomic mass is 9.47. The summed E-state index contributed by atoms with van der Waals surface area (Å²) in [6.07, 6.45) is 4.64. The third-order valence-electron chi connectivity index (χ3n) is 8.15. The highest BCUT2D eigenvalue weighted by atomic mass is 19.1. The highest BCUT2D eigenvalue weighted by Crippen LogP contribution is 2.63. The van der Waals surface area contributed by atoms with E-state index in [1.54, 1.807) is 18.3 Å². The molecule has 3 aliphatic carbocycles. The number of hydrazone groups is 1. The van der Waals surface area contributed by atoms with Crippen molar-refractivity contribution in [2.75, 3.05) is 4.90 Å². The molecule has 39 heavy (non-hydrogen) atoms. The van der Waals surface area contributed by atoms with E-state index in [1.165, 1.54) is 41.6 Å². The molecule has 0 spiro atoms. The molecule has 2 bridgehead atoms. The fraction of sp³-hybridized carbons (Fsp3) is 0.129. The minimum absolute atomic E-state index is 0.325. The number of halogens is 1. The number of hydrogen-bond donors (Lipinski definition) is 1. The number of nitrogens with zero attached hydrogens (tertiary/aromatic N) is 3. The third-order valence-corrected chi connectivity index (χ3v) is 8.15. The second kappa shape index (κ2) is 8.52. The molecule has 1 saturated heterocycles. The topological polar surface area (TPSA) is 91.7 Å². The summed E-state index contributed by atoms with van der Waals surface area (Å²) in [5.74, 6) is -3.40. The first kappa shape index (κ1) is 23.2. The van der Waals surface area contributed by atoms with Gasteiger partial charge in [0.1, 0.15) is 5.82 Å². The average molecular weight is 517 g/mol. The molecule has 0 unspecified atom stereocenters. The number of carbonyl (C=O) groups excluding carboxylic acids is 3. The summed E-state index contributed by atoms with van der Waals surface area (Å²) in [5, 5.41) is 4.39. The number of amides is 3. The van der Waals surface area contributed by atoms with E-state index in [-0.39, 0.29) is 17.7 Å². The maximum Gasteiger partial charge on any atom is 0.271 e. The molecule has 3 aromatic carbocycles. The van der Waals surface area contributed by atoms with Gasteiger partial charge in [0.2, 0.25) is 11.8 Å². The molecule has 0 saturated carbocycles. The van der Waals surface area contributed by atoms with E-state index in [9.17, 15) is 18.8 Å². The van der Waals surface area contributed by atoms with Crippen LogP contribution in [0.5, 0.6) is 0 Å². The summed E-state index contributed by atoms with van der Waals surface area (Å²) in [7, 11) is 0. The largest absolute Gasteiger partial charge is 0.274 e. The smallest absolute Gasteiger partial charge is 0.271 e. The molecule has 2 heterocycles. The maximum atomic E-state index is 14.2. The zero-order valence-corrected chi connectivity index (χ0v) is 20.5. The van der Waals surface area contributed by atoms with Crippen LogP contribution in [0.3, 0.4) is 0 Å². The SMILES string of the molecule is O=C(N/N=C\C12c3ccccc3C(c3ccccc31)[C@@H]1C(=O)N(c3ccc(F)cc3)C(=O)[C@@H]12)c1ccncc1. The van der Waals surface area contributed by atoms with Gasteiger partial charge in [-0.2, -0.15) is 5.10 Å². The Kier molecular flexibility index (Phi) is 5.06. The Morgan fingerprint density at radius 3 is 2.13 bits per heavy atom. The van der Waals surface area contributed by atoms with Crippen molar-refractivity contribution < 1.29 is 18.8 Å². The molecule has 8 rings (SSSR count). The molecular weight excluding hydrogens is 495 g/mol. The molecule has 190 valence electrons. The predicted molar refractivity (Wildman–Crippen MR) is 142 cm³/mol. The number of anilines is 1. The number of carbonyl (C=O) groups is 3. The van der Waals surface area contributed by atoms with Gasteiger partial charge in [-0.05, 0) is 58.7 Å². The van der Waals surface area contributed by atoms with Crippen LogP contribution in [-0.4, -0.2) is 28.9 Å². The van der Waals surface area contributed by atoms with E-state index in [0.717, 1.165) is 22.3 Å². The van der Waals surface area contributed by atoms with E-state index in [4.69, 9.17) is 0 Å². The molecule has 0 radical (unpaired) electrons. The molecule has 7 nitrogen and oxygen atoms in total. The van der Waals surface area contributed by atoms with E-state index < -0.39 is 29.0 Å². The molecule has 1 aromatic heterocycles. The van der Waals surface area contributed by atoms with Crippen LogP contribution >= 0.6 is 0 Å². The van der Waals surface area contributed by atoms with Crippen molar-refractivity contribution in [3.05, 3.63) is 131 Å². The van der Waals surface area contributed by atoms with Gasteiger partial charge in [-0.3, -0.25) is 19.4 Å². The highest BCUT2D eigenvalue weighted by molar-refractivity contribution is 6.25. The van der Waals surface area contributed by atoms with Crippen LogP contribution in [0.4, 0.5) is 10.1 Å². The fourth-order valence-corrected chi connectivity index (χ4v) is 6.65. The Morgan fingerprint density at radius 2 is 1.49 bits per heavy atom. The van der Waals surface area contributed by atoms with Crippen molar-refractivity contribution in [3.8, 4) is 0 Å². The first-order chi connectivity index (χ1) is 19.0. The molecule has 3 amide bonds. The minimum atomic E-state index is -1.11. The Hall–Kier alpha value is -4.98. The average Bonchev–Trinajstić information content (AvgIpc) is 3.25. The van der Waals surface area contributed by atoms with Crippen LogP contribution in [0.1, 0.15) is 38.5 Å². The molecule has 1 fully saturated rings. The van der Waals surface area contributed by atoms with Crippen LogP contribution < -0.4 is 10.3 Å². The van der Waals surface area contributed by atoms with Crippen molar-refractivity contribution in [3.63, 3.8) is 0 Å². The van der Waals surface area contributed by atoms with E-state index in [0.29, 0.717) is 11.3 Å². The maximum absolute atomic E-state index is 14.2. The molecule has 4 aliphatic rings. The molecule has 8 heteroatoms. The second-order valence-electron chi connectivity index (χ2n) is 9.95. The van der Waals surface area contributed by atoms with E-state index in [2.05, 4.69) is 15.5 Å². The first-order valence-corrected chi connectivity index (χ1v) is 12.6. The zero-order valence-electron chi connectivity index (χ0n) is 20.5. The van der Waals surface area contributed by atoms with Gasteiger partial charge < -0.3 is 0 Å². The number of imide groups is 1. The van der Waals surface area contributed by atoms with Crippen molar-refractivity contribution >= 4 is 29.6 Å². The van der Waals surface area contributed by atoms with Gasteiger partial charge in [0.25, 0.3) is 5.91 Å². The van der Waals surface area contributed by atoms with E-state index >= 15 is 0 Å². The normalized spacial score (nSPS) is 24.4. The van der Waals surface area contributed by atoms with Gasteiger partial charge in [-0.25, -0.2) is 14.7 Å². The summed E-state index contributed by atoms with van der Waals surface area (Å²) in [5.41, 5.74) is 5.84. The lowest BCUT2D eigenvalue weighted by Gasteiger charge is -2.52. The molecule has 1 aliphatic heterocycles. The Morgan fingerprint density at radius 1 is 0.872 bits per heavy atom. The van der Waals surface area contributed by atoms with Gasteiger partial charge in [0.15, 0.2) is 0 Å². The van der Waals surface area contributed by atoms with Crippen molar-refractivity contribution in [2.24, 2.45) is 16.9 Å². The number of nitrogens with one attached hydrogen (secondary N) is 1. The Balaban J connectivity index is 1.41. The van der Waals surface area contributed by atoms with Gasteiger partial charge in [-0.15, -0.1) is 0 Å². The van der Waals surface area contributed by atoms with Gasteiger partial charge in [-0.1, -0.05) is 48.5 Å². The Bertz CT molecular complexity index is 1640. The molecule has 4 aromatic rings. The van der Waals surface area contributed by atoms with Crippen molar-refractivity contribution in [1.29, 1.82) is 0 Å². The monoisotopic (exact) mass is 516 g/mol. The second-order valence-corrected chi connectivity index (χ2v) is 9.95.